The molecule has 0 saturated heterocycles. The average Bonchev–Trinajstić information content (AvgIpc) is 3.12. The molecule has 2 aromatic heterocycles. The van der Waals surface area contributed by atoms with Crippen LogP contribution in [-0.4, -0.2) is 15.2 Å². The van der Waals surface area contributed by atoms with Crippen LogP contribution in [0.15, 0.2) is 30.3 Å². The van der Waals surface area contributed by atoms with E-state index >= 15 is 0 Å². The minimum Gasteiger partial charge on any atom is -0.303 e. The molecule has 2 heterocycles. The van der Waals surface area contributed by atoms with E-state index in [4.69, 9.17) is 4.98 Å². The van der Waals surface area contributed by atoms with Gasteiger partial charge in [-0.2, -0.15) is 0 Å². The molecule has 1 aromatic carbocycles. The number of hydrogen-bond acceptors (Lipinski definition) is 6. The van der Waals surface area contributed by atoms with Gasteiger partial charge in [0.15, 0.2) is 0 Å². The van der Waals surface area contributed by atoms with Gasteiger partial charge in [-0.3, -0.25) is 0 Å². The summed E-state index contributed by atoms with van der Waals surface area (Å²) in [6.45, 7) is 6.96. The lowest BCUT2D eigenvalue weighted by Crippen LogP contribution is -2.17. The molecule has 0 amide bonds. The van der Waals surface area contributed by atoms with E-state index < -0.39 is 0 Å². The largest absolute Gasteiger partial charge is 0.303 e. The molecule has 0 bridgehead atoms. The van der Waals surface area contributed by atoms with Crippen molar-refractivity contribution in [2.45, 2.75) is 33.4 Å². The summed E-state index contributed by atoms with van der Waals surface area (Å²) in [7, 11) is 0. The smallest absolute Gasteiger partial charge is 0.131 e. The summed E-state index contributed by atoms with van der Waals surface area (Å²) < 4.78 is 0. The lowest BCUT2D eigenvalue weighted by atomic mass is 10.2. The second kappa shape index (κ2) is 6.64. The highest BCUT2D eigenvalue weighted by Gasteiger charge is 2.15. The highest BCUT2D eigenvalue weighted by atomic mass is 32.1. The fraction of sp³-hybridized carbons (Fsp3) is 0.312. The Balaban J connectivity index is 1.72. The Kier molecular flexibility index (Phi) is 4.61. The molecule has 0 spiro atoms. The van der Waals surface area contributed by atoms with Crippen molar-refractivity contribution < 1.29 is 0 Å². The minimum atomic E-state index is 0.249. The Labute approximate surface area is 138 Å². The number of hydrogen-bond donors (Lipinski definition) is 1. The van der Waals surface area contributed by atoms with Crippen molar-refractivity contribution in [3.63, 3.8) is 0 Å². The highest BCUT2D eigenvalue weighted by Crippen LogP contribution is 2.31. The zero-order valence-electron chi connectivity index (χ0n) is 12.8. The molecule has 4 nitrogen and oxygen atoms in total. The number of aryl methyl sites for hydroxylation is 2. The van der Waals surface area contributed by atoms with Crippen molar-refractivity contribution >= 4 is 22.7 Å². The summed E-state index contributed by atoms with van der Waals surface area (Å²) in [5.41, 5.74) is 2.27. The third kappa shape index (κ3) is 3.40. The van der Waals surface area contributed by atoms with Gasteiger partial charge >= 0.3 is 0 Å². The van der Waals surface area contributed by atoms with Gasteiger partial charge in [-0.15, -0.1) is 32.9 Å². The minimum absolute atomic E-state index is 0.249. The Bertz CT molecular complexity index is 749. The van der Waals surface area contributed by atoms with Crippen molar-refractivity contribution in [2.24, 2.45) is 0 Å². The number of benzene rings is 1. The molecule has 0 fully saturated rings. The summed E-state index contributed by atoms with van der Waals surface area (Å²) in [6, 6.07) is 10.6. The van der Waals surface area contributed by atoms with Crippen molar-refractivity contribution in [2.75, 3.05) is 0 Å². The molecule has 0 saturated carbocycles. The predicted octanol–water partition coefficient (Wildman–Crippen LogP) is 4.13. The third-order valence-corrected chi connectivity index (χ3v) is 5.60. The zero-order chi connectivity index (χ0) is 15.5. The predicted molar refractivity (Wildman–Crippen MR) is 92.2 cm³/mol. The van der Waals surface area contributed by atoms with E-state index in [0.29, 0.717) is 0 Å². The van der Waals surface area contributed by atoms with Crippen molar-refractivity contribution in [1.82, 2.24) is 20.5 Å². The molecule has 6 heteroatoms. The molecule has 1 atom stereocenters. The maximum atomic E-state index is 4.71. The summed E-state index contributed by atoms with van der Waals surface area (Å²) >= 11 is 3.39. The normalized spacial score (nSPS) is 12.5. The Morgan fingerprint density at radius 1 is 1.09 bits per heavy atom. The van der Waals surface area contributed by atoms with E-state index in [-0.39, 0.29) is 6.04 Å². The van der Waals surface area contributed by atoms with Crippen LogP contribution < -0.4 is 5.32 Å². The van der Waals surface area contributed by atoms with Gasteiger partial charge in [0.2, 0.25) is 0 Å². The lowest BCUT2D eigenvalue weighted by molar-refractivity contribution is 0.575. The van der Waals surface area contributed by atoms with E-state index in [1.807, 2.05) is 25.1 Å². The average molecular weight is 330 g/mol. The van der Waals surface area contributed by atoms with Crippen LogP contribution in [0, 0.1) is 13.8 Å². The molecule has 114 valence electrons. The first-order valence-corrected chi connectivity index (χ1v) is 8.82. The summed E-state index contributed by atoms with van der Waals surface area (Å²) in [5.74, 6) is 0. The van der Waals surface area contributed by atoms with Gasteiger partial charge in [0, 0.05) is 16.5 Å². The molecule has 0 aliphatic carbocycles. The number of nitrogens with one attached hydrogen (secondary N) is 1. The van der Waals surface area contributed by atoms with Crippen LogP contribution in [0.1, 0.15) is 33.6 Å². The fourth-order valence-corrected chi connectivity index (χ4v) is 4.01. The summed E-state index contributed by atoms with van der Waals surface area (Å²) in [6.07, 6.45) is 0. The van der Waals surface area contributed by atoms with Crippen LogP contribution in [-0.2, 0) is 6.54 Å². The molecule has 1 N–H and O–H groups in total. The molecule has 0 aliphatic heterocycles. The van der Waals surface area contributed by atoms with Gasteiger partial charge in [-0.05, 0) is 20.8 Å². The van der Waals surface area contributed by atoms with E-state index in [2.05, 4.69) is 41.5 Å². The third-order valence-electron chi connectivity index (χ3n) is 3.37. The van der Waals surface area contributed by atoms with Crippen LogP contribution in [0.2, 0.25) is 0 Å². The SMILES string of the molecule is Cc1nnc(CN[C@H](C)c2sc(-c3ccccc3)nc2C)s1. The van der Waals surface area contributed by atoms with Crippen molar-refractivity contribution in [3.05, 3.63) is 50.9 Å². The van der Waals surface area contributed by atoms with Crippen LogP contribution in [0.3, 0.4) is 0 Å². The van der Waals surface area contributed by atoms with E-state index in [9.17, 15) is 0 Å². The number of thiazole rings is 1. The first-order valence-electron chi connectivity index (χ1n) is 7.18. The molecule has 22 heavy (non-hydrogen) atoms. The van der Waals surface area contributed by atoms with E-state index in [0.717, 1.165) is 27.3 Å². The van der Waals surface area contributed by atoms with Crippen LogP contribution in [0.25, 0.3) is 10.6 Å². The van der Waals surface area contributed by atoms with Gasteiger partial charge < -0.3 is 5.32 Å². The fourth-order valence-electron chi connectivity index (χ4n) is 2.26. The summed E-state index contributed by atoms with van der Waals surface area (Å²) in [4.78, 5) is 5.99. The maximum Gasteiger partial charge on any atom is 0.131 e. The van der Waals surface area contributed by atoms with Gasteiger partial charge in [-0.25, -0.2) is 4.98 Å². The van der Waals surface area contributed by atoms with Crippen LogP contribution in [0.5, 0.6) is 0 Å². The maximum absolute atomic E-state index is 4.71. The van der Waals surface area contributed by atoms with Crippen molar-refractivity contribution in [3.8, 4) is 10.6 Å². The number of nitrogens with zero attached hydrogens (tertiary/aromatic N) is 3. The van der Waals surface area contributed by atoms with E-state index in [1.54, 1.807) is 22.7 Å². The molecule has 0 unspecified atom stereocenters. The molecule has 0 radical (unpaired) electrons. The lowest BCUT2D eigenvalue weighted by Gasteiger charge is -2.11. The Hall–Kier alpha value is -1.63. The molecular formula is C16H18N4S2. The van der Waals surface area contributed by atoms with Crippen LogP contribution >= 0.6 is 22.7 Å². The molecular weight excluding hydrogens is 312 g/mol. The van der Waals surface area contributed by atoms with Gasteiger partial charge in [-0.1, -0.05) is 30.3 Å². The first-order chi connectivity index (χ1) is 10.6. The standard InChI is InChI=1S/C16H18N4S2/c1-10(17-9-14-20-19-12(3)21-14)15-11(2)18-16(22-15)13-7-5-4-6-8-13/h4-8,10,17H,9H2,1-3H3/t10-/m1/s1. The van der Waals surface area contributed by atoms with E-state index in [1.165, 1.54) is 10.4 Å². The Morgan fingerprint density at radius 3 is 2.55 bits per heavy atom. The second-order valence-electron chi connectivity index (χ2n) is 5.15. The second-order valence-corrected chi connectivity index (χ2v) is 7.45. The number of aromatic nitrogens is 3. The monoisotopic (exact) mass is 330 g/mol. The van der Waals surface area contributed by atoms with Crippen LogP contribution in [0.4, 0.5) is 0 Å². The van der Waals surface area contributed by atoms with Gasteiger partial charge in [0.05, 0.1) is 12.2 Å². The van der Waals surface area contributed by atoms with Gasteiger partial charge in [0.1, 0.15) is 15.0 Å². The van der Waals surface area contributed by atoms with Gasteiger partial charge in [0.25, 0.3) is 0 Å². The summed E-state index contributed by atoms with van der Waals surface area (Å²) in [5, 5.41) is 14.8. The molecule has 0 aliphatic rings. The van der Waals surface area contributed by atoms with Crippen molar-refractivity contribution in [1.29, 1.82) is 0 Å². The Morgan fingerprint density at radius 2 is 1.86 bits per heavy atom. The highest BCUT2D eigenvalue weighted by molar-refractivity contribution is 7.15. The topological polar surface area (TPSA) is 50.7 Å². The molecule has 3 aromatic rings. The quantitative estimate of drug-likeness (QED) is 0.764. The number of rotatable bonds is 5. The first kappa shape index (κ1) is 15.3. The molecule has 3 rings (SSSR count). The zero-order valence-corrected chi connectivity index (χ0v) is 14.5.